The molecule has 0 radical (unpaired) electrons. The third kappa shape index (κ3) is 27.2. The van der Waals surface area contributed by atoms with Gasteiger partial charge in [-0.05, 0) is 12.8 Å². The van der Waals surface area contributed by atoms with Crippen LogP contribution in [0.3, 0.4) is 0 Å². The standard InChI is InChI=1S/C14H30O.C2H6O2/c1-3-5-7-8-9-10-11-12-14-15-13-6-4-2;3-1-2-4/h3-14H2,1-2H3;3-4H,1-2H2. The fraction of sp³-hybridized carbons (Fsp3) is 1.00. The SMILES string of the molecule is CCCCCCCCCCOCCCC.OCCO. The van der Waals surface area contributed by atoms with Gasteiger partial charge in [0, 0.05) is 13.2 Å². The summed E-state index contributed by atoms with van der Waals surface area (Å²) in [5.74, 6) is 0. The Kier molecular flexibility index (Phi) is 25.7. The minimum Gasteiger partial charge on any atom is -0.394 e. The number of unbranched alkanes of at least 4 members (excludes halogenated alkanes) is 8. The highest BCUT2D eigenvalue weighted by molar-refractivity contribution is 4.45. The van der Waals surface area contributed by atoms with Crippen LogP contribution in [0.15, 0.2) is 0 Å². The molecule has 0 saturated heterocycles. The minimum atomic E-state index is -0.125. The van der Waals surface area contributed by atoms with E-state index >= 15 is 0 Å². The summed E-state index contributed by atoms with van der Waals surface area (Å²) in [6, 6.07) is 0. The van der Waals surface area contributed by atoms with Gasteiger partial charge < -0.3 is 14.9 Å². The molecule has 3 nitrogen and oxygen atoms in total. The van der Waals surface area contributed by atoms with E-state index in [9.17, 15) is 0 Å². The maximum atomic E-state index is 7.62. The number of aliphatic hydroxyl groups is 2. The van der Waals surface area contributed by atoms with E-state index in [0.717, 1.165) is 13.2 Å². The van der Waals surface area contributed by atoms with Gasteiger partial charge in [0.15, 0.2) is 0 Å². The van der Waals surface area contributed by atoms with Gasteiger partial charge in [-0.25, -0.2) is 0 Å². The molecule has 0 aromatic heterocycles. The first-order valence-corrected chi connectivity index (χ1v) is 8.12. The molecule has 0 saturated carbocycles. The van der Waals surface area contributed by atoms with Crippen LogP contribution >= 0.6 is 0 Å². The summed E-state index contributed by atoms with van der Waals surface area (Å²) in [4.78, 5) is 0. The van der Waals surface area contributed by atoms with E-state index in [2.05, 4.69) is 13.8 Å². The number of ether oxygens (including phenoxy) is 1. The molecule has 0 rings (SSSR count). The fourth-order valence-electron chi connectivity index (χ4n) is 1.69. The van der Waals surface area contributed by atoms with Gasteiger partial charge in [-0.3, -0.25) is 0 Å². The van der Waals surface area contributed by atoms with Crippen LogP contribution in [0.1, 0.15) is 78.1 Å². The maximum Gasteiger partial charge on any atom is 0.0662 e. The van der Waals surface area contributed by atoms with E-state index in [0.29, 0.717) is 0 Å². The molecule has 2 N–H and O–H groups in total. The maximum absolute atomic E-state index is 7.62. The van der Waals surface area contributed by atoms with Crippen LogP contribution in [0.2, 0.25) is 0 Å². The quantitative estimate of drug-likeness (QED) is 0.501. The number of aliphatic hydroxyl groups excluding tert-OH is 2. The first-order chi connectivity index (χ1) is 9.33. The number of rotatable bonds is 13. The molecule has 0 aliphatic rings. The molecule has 0 aromatic rings. The molecular formula is C16H36O3. The van der Waals surface area contributed by atoms with E-state index < -0.39 is 0 Å². The van der Waals surface area contributed by atoms with Crippen LogP contribution in [-0.2, 0) is 4.74 Å². The van der Waals surface area contributed by atoms with Crippen molar-refractivity contribution in [2.75, 3.05) is 26.4 Å². The second kappa shape index (κ2) is 23.0. The van der Waals surface area contributed by atoms with Crippen molar-refractivity contribution in [2.45, 2.75) is 78.1 Å². The monoisotopic (exact) mass is 276 g/mol. The average Bonchev–Trinajstić information content (AvgIpc) is 2.45. The molecule has 19 heavy (non-hydrogen) atoms. The smallest absolute Gasteiger partial charge is 0.0662 e. The number of hydrogen-bond donors (Lipinski definition) is 2. The molecule has 0 aliphatic carbocycles. The minimum absolute atomic E-state index is 0.125. The lowest BCUT2D eigenvalue weighted by molar-refractivity contribution is 0.127. The van der Waals surface area contributed by atoms with Gasteiger partial charge in [-0.15, -0.1) is 0 Å². The zero-order chi connectivity index (χ0) is 14.6. The van der Waals surface area contributed by atoms with Gasteiger partial charge in [0.2, 0.25) is 0 Å². The van der Waals surface area contributed by atoms with Crippen LogP contribution in [0.25, 0.3) is 0 Å². The van der Waals surface area contributed by atoms with Crippen molar-refractivity contribution < 1.29 is 14.9 Å². The summed E-state index contributed by atoms with van der Waals surface area (Å²) in [6.07, 6.45) is 13.6. The first-order valence-electron chi connectivity index (χ1n) is 8.12. The van der Waals surface area contributed by atoms with Gasteiger partial charge in [0.25, 0.3) is 0 Å². The van der Waals surface area contributed by atoms with Crippen molar-refractivity contribution in [3.05, 3.63) is 0 Å². The highest BCUT2D eigenvalue weighted by atomic mass is 16.5. The molecule has 0 unspecified atom stereocenters. The molecule has 118 valence electrons. The van der Waals surface area contributed by atoms with Gasteiger partial charge >= 0.3 is 0 Å². The Labute approximate surface area is 120 Å². The molecule has 0 aliphatic heterocycles. The van der Waals surface area contributed by atoms with Crippen molar-refractivity contribution in [1.29, 1.82) is 0 Å². The zero-order valence-corrected chi connectivity index (χ0v) is 13.2. The molecule has 0 aromatic carbocycles. The third-order valence-electron chi connectivity index (χ3n) is 2.88. The topological polar surface area (TPSA) is 49.7 Å². The van der Waals surface area contributed by atoms with Crippen molar-refractivity contribution >= 4 is 0 Å². The summed E-state index contributed by atoms with van der Waals surface area (Å²) in [7, 11) is 0. The van der Waals surface area contributed by atoms with E-state index in [1.54, 1.807) is 0 Å². The second-order valence-electron chi connectivity index (χ2n) is 4.89. The Morgan fingerprint density at radius 2 is 1.00 bits per heavy atom. The van der Waals surface area contributed by atoms with Gasteiger partial charge in [-0.1, -0.05) is 65.2 Å². The molecule has 0 spiro atoms. The van der Waals surface area contributed by atoms with Crippen molar-refractivity contribution in [1.82, 2.24) is 0 Å². The lowest BCUT2D eigenvalue weighted by Crippen LogP contribution is -1.96. The lowest BCUT2D eigenvalue weighted by atomic mass is 10.1. The lowest BCUT2D eigenvalue weighted by Gasteiger charge is -2.03. The highest BCUT2D eigenvalue weighted by Crippen LogP contribution is 2.08. The summed E-state index contributed by atoms with van der Waals surface area (Å²) < 4.78 is 5.52. The van der Waals surface area contributed by atoms with Gasteiger partial charge in [0.1, 0.15) is 0 Å². The molecule has 3 heteroatoms. The van der Waals surface area contributed by atoms with Gasteiger partial charge in [0.05, 0.1) is 13.2 Å². The zero-order valence-electron chi connectivity index (χ0n) is 13.2. The van der Waals surface area contributed by atoms with E-state index in [1.165, 1.54) is 64.2 Å². The summed E-state index contributed by atoms with van der Waals surface area (Å²) in [6.45, 7) is 6.18. The summed E-state index contributed by atoms with van der Waals surface area (Å²) in [5.41, 5.74) is 0. The molecule has 0 amide bonds. The second-order valence-corrected chi connectivity index (χ2v) is 4.89. The number of hydrogen-bond acceptors (Lipinski definition) is 3. The van der Waals surface area contributed by atoms with E-state index in [-0.39, 0.29) is 13.2 Å². The molecule has 0 atom stereocenters. The first kappa shape index (κ1) is 21.2. The van der Waals surface area contributed by atoms with Crippen LogP contribution in [0.4, 0.5) is 0 Å². The Bertz CT molecular complexity index is 115. The Balaban J connectivity index is 0. The van der Waals surface area contributed by atoms with Crippen LogP contribution in [0.5, 0.6) is 0 Å². The normalized spacial score (nSPS) is 10.1. The highest BCUT2D eigenvalue weighted by Gasteiger charge is 1.92. The van der Waals surface area contributed by atoms with Crippen LogP contribution in [-0.4, -0.2) is 36.6 Å². The van der Waals surface area contributed by atoms with E-state index in [4.69, 9.17) is 14.9 Å². The summed E-state index contributed by atoms with van der Waals surface area (Å²) >= 11 is 0. The van der Waals surface area contributed by atoms with E-state index in [1.807, 2.05) is 0 Å². The fourth-order valence-corrected chi connectivity index (χ4v) is 1.69. The largest absolute Gasteiger partial charge is 0.394 e. The predicted octanol–water partition coefficient (Wildman–Crippen LogP) is 3.91. The molecule has 0 heterocycles. The van der Waals surface area contributed by atoms with Crippen molar-refractivity contribution in [3.63, 3.8) is 0 Å². The molecular weight excluding hydrogens is 240 g/mol. The van der Waals surface area contributed by atoms with Crippen molar-refractivity contribution in [2.24, 2.45) is 0 Å². The van der Waals surface area contributed by atoms with Gasteiger partial charge in [-0.2, -0.15) is 0 Å². The summed E-state index contributed by atoms with van der Waals surface area (Å²) in [5, 5.41) is 15.2. The Morgan fingerprint density at radius 1 is 0.579 bits per heavy atom. The Morgan fingerprint density at radius 3 is 1.47 bits per heavy atom. The van der Waals surface area contributed by atoms with Crippen LogP contribution < -0.4 is 0 Å². The third-order valence-corrected chi connectivity index (χ3v) is 2.88. The van der Waals surface area contributed by atoms with Crippen LogP contribution in [0, 0.1) is 0 Å². The molecule has 0 bridgehead atoms. The predicted molar refractivity (Wildman–Crippen MR) is 82.5 cm³/mol. The average molecular weight is 276 g/mol. The molecule has 0 fully saturated rings. The Hall–Kier alpha value is -0.120. The van der Waals surface area contributed by atoms with Crippen molar-refractivity contribution in [3.8, 4) is 0 Å².